The molecule has 1 aromatic carbocycles. The fourth-order valence-corrected chi connectivity index (χ4v) is 3.12. The van der Waals surface area contributed by atoms with E-state index < -0.39 is 17.8 Å². The molecular formula is C15H11ClFN3O2S. The van der Waals surface area contributed by atoms with E-state index in [2.05, 4.69) is 15.3 Å². The monoisotopic (exact) mass is 351 g/mol. The zero-order chi connectivity index (χ0) is 16.6. The molecule has 0 saturated heterocycles. The van der Waals surface area contributed by atoms with Gasteiger partial charge in [0.2, 0.25) is 0 Å². The summed E-state index contributed by atoms with van der Waals surface area (Å²) in [5.41, 5.74) is 3.18. The van der Waals surface area contributed by atoms with Gasteiger partial charge in [-0.1, -0.05) is 23.7 Å². The first-order valence-electron chi connectivity index (χ1n) is 6.61. The van der Waals surface area contributed by atoms with Gasteiger partial charge in [0.15, 0.2) is 5.84 Å². The van der Waals surface area contributed by atoms with Crippen molar-refractivity contribution in [2.24, 2.45) is 4.99 Å². The molecule has 0 saturated carbocycles. The van der Waals surface area contributed by atoms with Crippen molar-refractivity contribution >= 4 is 34.7 Å². The number of nitrogens with zero attached hydrogens (tertiary/aromatic N) is 2. The second-order valence-electron chi connectivity index (χ2n) is 4.88. The summed E-state index contributed by atoms with van der Waals surface area (Å²) in [6, 6.07) is 4.83. The molecule has 8 heteroatoms. The first-order chi connectivity index (χ1) is 11.0. The average molecular weight is 352 g/mol. The Morgan fingerprint density at radius 2 is 2.09 bits per heavy atom. The summed E-state index contributed by atoms with van der Waals surface area (Å²) in [6.45, 7) is 1.65. The number of carboxylic acids is 1. The summed E-state index contributed by atoms with van der Waals surface area (Å²) < 4.78 is 13.6. The second kappa shape index (κ2) is 6.10. The molecule has 23 heavy (non-hydrogen) atoms. The van der Waals surface area contributed by atoms with Gasteiger partial charge in [-0.05, 0) is 24.6 Å². The van der Waals surface area contributed by atoms with Gasteiger partial charge in [0.1, 0.15) is 21.9 Å². The third-order valence-corrected chi connectivity index (χ3v) is 4.46. The third-order valence-electron chi connectivity index (χ3n) is 3.41. The Kier molecular flexibility index (Phi) is 4.14. The van der Waals surface area contributed by atoms with Crippen molar-refractivity contribution in [3.63, 3.8) is 0 Å². The number of hydrogen-bond acceptors (Lipinski definition) is 5. The number of aromatic nitrogens is 1. The Morgan fingerprint density at radius 1 is 1.39 bits per heavy atom. The Balaban J connectivity index is 2.11. The number of hydrogen-bond donors (Lipinski definition) is 2. The van der Waals surface area contributed by atoms with E-state index in [0.29, 0.717) is 27.1 Å². The lowest BCUT2D eigenvalue weighted by Crippen LogP contribution is -2.32. The van der Waals surface area contributed by atoms with Gasteiger partial charge >= 0.3 is 5.97 Å². The number of carbonyl (C=O) groups is 1. The highest BCUT2D eigenvalue weighted by molar-refractivity contribution is 7.14. The molecule has 1 unspecified atom stereocenters. The van der Waals surface area contributed by atoms with Crippen molar-refractivity contribution in [1.29, 1.82) is 0 Å². The highest BCUT2D eigenvalue weighted by Gasteiger charge is 2.30. The Labute approximate surface area is 140 Å². The van der Waals surface area contributed by atoms with Crippen LogP contribution in [0.4, 0.5) is 4.39 Å². The van der Waals surface area contributed by atoms with E-state index in [1.54, 1.807) is 12.4 Å². The largest absolute Gasteiger partial charge is 0.478 e. The molecule has 3 rings (SSSR count). The molecule has 1 aromatic heterocycles. The van der Waals surface area contributed by atoms with Crippen LogP contribution in [0.1, 0.15) is 24.2 Å². The van der Waals surface area contributed by atoms with Crippen LogP contribution < -0.4 is 5.32 Å². The van der Waals surface area contributed by atoms with Gasteiger partial charge in [-0.15, -0.1) is 11.3 Å². The minimum absolute atomic E-state index is 0.103. The molecule has 2 heterocycles. The number of rotatable bonds is 3. The number of aliphatic carboxylic acids is 1. The lowest BCUT2D eigenvalue weighted by molar-refractivity contribution is -0.133. The van der Waals surface area contributed by atoms with Gasteiger partial charge < -0.3 is 10.4 Å². The lowest BCUT2D eigenvalue weighted by Gasteiger charge is -2.24. The number of aliphatic imine (C=N–C) groups is 1. The van der Waals surface area contributed by atoms with Crippen molar-refractivity contribution in [2.75, 3.05) is 0 Å². The number of amidine groups is 1. The van der Waals surface area contributed by atoms with Crippen molar-refractivity contribution < 1.29 is 14.3 Å². The molecule has 0 amide bonds. The fraction of sp³-hybridized carbons (Fsp3) is 0.133. The van der Waals surface area contributed by atoms with Crippen molar-refractivity contribution in [2.45, 2.75) is 13.0 Å². The van der Waals surface area contributed by atoms with Crippen LogP contribution in [0.5, 0.6) is 0 Å². The minimum atomic E-state index is -1.09. The predicted octanol–water partition coefficient (Wildman–Crippen LogP) is 3.39. The quantitative estimate of drug-likeness (QED) is 0.889. The highest BCUT2D eigenvalue weighted by Crippen LogP contribution is 2.32. The molecular weight excluding hydrogens is 341 g/mol. The van der Waals surface area contributed by atoms with E-state index in [9.17, 15) is 14.3 Å². The standard InChI is InChI=1S/C15H11ClFN3O2S/c1-7-10(15(21)22)11(8-2-4-9(17)5-3-8)20-14(19-7)12-13(16)23-6-18-12/h2-6,11H,1H3,(H,19,20)(H,21,22). The Bertz CT molecular complexity index is 830. The minimum Gasteiger partial charge on any atom is -0.478 e. The van der Waals surface area contributed by atoms with Crippen LogP contribution in [0.3, 0.4) is 0 Å². The SMILES string of the molecule is CC1=C(C(=O)O)C(c2ccc(F)cc2)N=C(c2ncsc2Cl)N1. The number of nitrogens with one attached hydrogen (secondary N) is 1. The van der Waals surface area contributed by atoms with Crippen LogP contribution in [0.2, 0.25) is 4.34 Å². The summed E-state index contributed by atoms with van der Waals surface area (Å²) >= 11 is 7.34. The first kappa shape index (κ1) is 15.6. The summed E-state index contributed by atoms with van der Waals surface area (Å²) in [5.74, 6) is -1.09. The van der Waals surface area contributed by atoms with Crippen LogP contribution in [0, 0.1) is 5.82 Å². The zero-order valence-corrected chi connectivity index (χ0v) is 13.5. The van der Waals surface area contributed by atoms with Gasteiger partial charge in [-0.2, -0.15) is 0 Å². The summed E-state index contributed by atoms with van der Waals surface area (Å²) in [4.78, 5) is 20.2. The maximum Gasteiger partial charge on any atom is 0.335 e. The first-order valence-corrected chi connectivity index (χ1v) is 7.87. The summed E-state index contributed by atoms with van der Waals surface area (Å²) in [6.07, 6.45) is 0. The van der Waals surface area contributed by atoms with Crippen molar-refractivity contribution in [3.05, 3.63) is 62.5 Å². The normalized spacial score (nSPS) is 17.7. The van der Waals surface area contributed by atoms with Crippen LogP contribution in [-0.2, 0) is 4.79 Å². The van der Waals surface area contributed by atoms with Crippen molar-refractivity contribution in [3.8, 4) is 0 Å². The molecule has 5 nitrogen and oxygen atoms in total. The van der Waals surface area contributed by atoms with Gasteiger partial charge in [-0.3, -0.25) is 4.99 Å². The highest BCUT2D eigenvalue weighted by atomic mass is 35.5. The average Bonchev–Trinajstić information content (AvgIpc) is 2.93. The molecule has 1 aliphatic heterocycles. The summed E-state index contributed by atoms with van der Waals surface area (Å²) in [5, 5.41) is 12.4. The van der Waals surface area contributed by atoms with E-state index in [-0.39, 0.29) is 5.57 Å². The van der Waals surface area contributed by atoms with Crippen LogP contribution in [-0.4, -0.2) is 21.9 Å². The van der Waals surface area contributed by atoms with Crippen LogP contribution in [0.25, 0.3) is 0 Å². The van der Waals surface area contributed by atoms with Gasteiger partial charge in [0, 0.05) is 5.70 Å². The number of carboxylic acid groups (broad SMARTS) is 1. The van der Waals surface area contributed by atoms with E-state index in [4.69, 9.17) is 11.6 Å². The van der Waals surface area contributed by atoms with Gasteiger partial charge in [0.05, 0.1) is 11.1 Å². The lowest BCUT2D eigenvalue weighted by atomic mass is 9.96. The zero-order valence-electron chi connectivity index (χ0n) is 11.9. The van der Waals surface area contributed by atoms with Crippen molar-refractivity contribution in [1.82, 2.24) is 10.3 Å². The molecule has 2 N–H and O–H groups in total. The maximum absolute atomic E-state index is 13.1. The second-order valence-corrected chi connectivity index (χ2v) is 6.33. The Hall–Kier alpha value is -2.25. The molecule has 1 atom stereocenters. The molecule has 0 radical (unpaired) electrons. The molecule has 0 spiro atoms. The number of thiazole rings is 1. The van der Waals surface area contributed by atoms with Gasteiger partial charge in [-0.25, -0.2) is 14.2 Å². The fourth-order valence-electron chi connectivity index (χ4n) is 2.35. The molecule has 1 aliphatic rings. The van der Waals surface area contributed by atoms with E-state index in [1.807, 2.05) is 0 Å². The number of allylic oxidation sites excluding steroid dienone is 1. The topological polar surface area (TPSA) is 74.6 Å². The van der Waals surface area contributed by atoms with Crippen LogP contribution in [0.15, 0.2) is 46.0 Å². The Morgan fingerprint density at radius 3 is 2.65 bits per heavy atom. The van der Waals surface area contributed by atoms with E-state index in [1.165, 1.54) is 35.6 Å². The van der Waals surface area contributed by atoms with E-state index in [0.717, 1.165) is 0 Å². The number of halogens is 2. The molecule has 0 aliphatic carbocycles. The molecule has 0 fully saturated rings. The smallest absolute Gasteiger partial charge is 0.335 e. The summed E-state index contributed by atoms with van der Waals surface area (Å²) in [7, 11) is 0. The molecule has 0 bridgehead atoms. The van der Waals surface area contributed by atoms with Gasteiger partial charge in [0.25, 0.3) is 0 Å². The molecule has 2 aromatic rings. The van der Waals surface area contributed by atoms with Crippen LogP contribution >= 0.6 is 22.9 Å². The maximum atomic E-state index is 13.1. The van der Waals surface area contributed by atoms with E-state index >= 15 is 0 Å². The predicted molar refractivity (Wildman–Crippen MR) is 86.3 cm³/mol. The third kappa shape index (κ3) is 2.97. The number of benzene rings is 1. The molecule has 118 valence electrons.